The maximum atomic E-state index is 11.0. The van der Waals surface area contributed by atoms with Gasteiger partial charge >= 0.3 is 5.97 Å². The van der Waals surface area contributed by atoms with Crippen molar-refractivity contribution >= 4 is 11.7 Å². The molecular formula is C10H15NO2. The van der Waals surface area contributed by atoms with Crippen molar-refractivity contribution in [3.05, 3.63) is 29.3 Å². The van der Waals surface area contributed by atoms with E-state index in [-0.39, 0.29) is 13.4 Å². The molecule has 72 valence electrons. The third kappa shape index (κ3) is 2.78. The first kappa shape index (κ1) is 11.5. The molecule has 1 rings (SSSR count). The van der Waals surface area contributed by atoms with Crippen LogP contribution in [0.5, 0.6) is 0 Å². The van der Waals surface area contributed by atoms with Gasteiger partial charge in [0.25, 0.3) is 0 Å². The van der Waals surface area contributed by atoms with Crippen molar-refractivity contribution in [2.45, 2.75) is 14.4 Å². The molecular weight excluding hydrogens is 166 g/mol. The number of ether oxygens (including phenoxy) is 1. The van der Waals surface area contributed by atoms with Crippen LogP contribution in [0.1, 0.15) is 23.3 Å². The van der Waals surface area contributed by atoms with E-state index in [0.29, 0.717) is 11.3 Å². The number of hydrogen-bond donors (Lipinski definition) is 1. The van der Waals surface area contributed by atoms with Crippen LogP contribution in [-0.4, -0.2) is 13.1 Å². The lowest BCUT2D eigenvalue weighted by Gasteiger charge is -2.01. The van der Waals surface area contributed by atoms with Crippen LogP contribution in [-0.2, 0) is 4.74 Å². The molecule has 0 saturated heterocycles. The third-order valence-electron chi connectivity index (χ3n) is 1.52. The summed E-state index contributed by atoms with van der Waals surface area (Å²) in [5.74, 6) is -0.356. The van der Waals surface area contributed by atoms with E-state index in [0.717, 1.165) is 5.56 Å². The van der Waals surface area contributed by atoms with E-state index in [2.05, 4.69) is 4.74 Å². The van der Waals surface area contributed by atoms with Crippen molar-refractivity contribution in [2.75, 3.05) is 12.8 Å². The van der Waals surface area contributed by atoms with Gasteiger partial charge in [-0.25, -0.2) is 4.79 Å². The number of carbonyl (C=O) groups excluding carboxylic acids is 1. The smallest absolute Gasteiger partial charge is 0.337 e. The Morgan fingerprint density at radius 3 is 2.46 bits per heavy atom. The number of nitrogen functional groups attached to an aromatic ring is 1. The van der Waals surface area contributed by atoms with Gasteiger partial charge in [0.2, 0.25) is 0 Å². The molecule has 0 fully saturated rings. The Morgan fingerprint density at radius 2 is 2.00 bits per heavy atom. The summed E-state index contributed by atoms with van der Waals surface area (Å²) in [5.41, 5.74) is 7.57. The Bertz CT molecular complexity index is 288. The van der Waals surface area contributed by atoms with Gasteiger partial charge in [0, 0.05) is 5.69 Å². The first-order valence-corrected chi connectivity index (χ1v) is 3.59. The van der Waals surface area contributed by atoms with E-state index in [9.17, 15) is 4.79 Å². The first-order valence-electron chi connectivity index (χ1n) is 3.59. The first-order chi connectivity index (χ1) is 5.63. The molecule has 0 saturated carbocycles. The number of nitrogens with two attached hydrogens (primary N) is 1. The number of aryl methyl sites for hydroxylation is 1. The van der Waals surface area contributed by atoms with Crippen LogP contribution in [0.25, 0.3) is 0 Å². The quantitative estimate of drug-likeness (QED) is 0.532. The van der Waals surface area contributed by atoms with Crippen LogP contribution in [0, 0.1) is 6.92 Å². The minimum Gasteiger partial charge on any atom is -0.465 e. The second kappa shape index (κ2) is 4.50. The predicted molar refractivity (Wildman–Crippen MR) is 53.7 cm³/mol. The zero-order valence-electron chi connectivity index (χ0n) is 7.13. The Kier molecular flexibility index (Phi) is 3.98. The average molecular weight is 181 g/mol. The van der Waals surface area contributed by atoms with Gasteiger partial charge in [-0.1, -0.05) is 7.43 Å². The zero-order valence-corrected chi connectivity index (χ0v) is 7.13. The van der Waals surface area contributed by atoms with Crippen molar-refractivity contribution < 1.29 is 9.53 Å². The van der Waals surface area contributed by atoms with Gasteiger partial charge in [0.15, 0.2) is 0 Å². The summed E-state index contributed by atoms with van der Waals surface area (Å²) >= 11 is 0. The number of carbonyl (C=O) groups is 1. The standard InChI is InChI=1S/C9H11NO2.CH4/c1-6-3-7(9(11)12-2)5-8(10)4-6;/h3-5H,10H2,1-2H3;1H4. The summed E-state index contributed by atoms with van der Waals surface area (Å²) in [6, 6.07) is 5.13. The number of rotatable bonds is 1. The lowest BCUT2D eigenvalue weighted by Crippen LogP contribution is -2.02. The topological polar surface area (TPSA) is 52.3 Å². The van der Waals surface area contributed by atoms with E-state index in [1.165, 1.54) is 7.11 Å². The number of esters is 1. The molecule has 3 heteroatoms. The Hall–Kier alpha value is -1.51. The summed E-state index contributed by atoms with van der Waals surface area (Å²) in [5, 5.41) is 0. The van der Waals surface area contributed by atoms with E-state index in [4.69, 9.17) is 5.73 Å². The molecule has 0 aliphatic heterocycles. The Morgan fingerprint density at radius 1 is 1.38 bits per heavy atom. The Balaban J connectivity index is 0.00000144. The van der Waals surface area contributed by atoms with E-state index in [1.807, 2.05) is 6.92 Å². The lowest BCUT2D eigenvalue weighted by atomic mass is 10.1. The van der Waals surface area contributed by atoms with Crippen molar-refractivity contribution in [1.29, 1.82) is 0 Å². The number of hydrogen-bond acceptors (Lipinski definition) is 3. The van der Waals surface area contributed by atoms with Gasteiger partial charge in [-0.05, 0) is 30.7 Å². The average Bonchev–Trinajstić information content (AvgIpc) is 2.01. The fourth-order valence-corrected chi connectivity index (χ4v) is 1.05. The highest BCUT2D eigenvalue weighted by Gasteiger charge is 2.05. The zero-order chi connectivity index (χ0) is 9.14. The van der Waals surface area contributed by atoms with Gasteiger partial charge in [0.1, 0.15) is 0 Å². The molecule has 0 bridgehead atoms. The second-order valence-electron chi connectivity index (χ2n) is 2.62. The maximum Gasteiger partial charge on any atom is 0.337 e. The minimum absolute atomic E-state index is 0. The lowest BCUT2D eigenvalue weighted by molar-refractivity contribution is 0.0600. The minimum atomic E-state index is -0.356. The highest BCUT2D eigenvalue weighted by atomic mass is 16.5. The molecule has 0 heterocycles. The van der Waals surface area contributed by atoms with Crippen LogP contribution in [0.3, 0.4) is 0 Å². The van der Waals surface area contributed by atoms with Crippen LogP contribution in [0.2, 0.25) is 0 Å². The van der Waals surface area contributed by atoms with Gasteiger partial charge in [-0.2, -0.15) is 0 Å². The fourth-order valence-electron chi connectivity index (χ4n) is 1.05. The van der Waals surface area contributed by atoms with E-state index < -0.39 is 0 Å². The number of anilines is 1. The summed E-state index contributed by atoms with van der Waals surface area (Å²) in [7, 11) is 1.35. The summed E-state index contributed by atoms with van der Waals surface area (Å²) in [6.45, 7) is 1.88. The van der Waals surface area contributed by atoms with Gasteiger partial charge in [-0.15, -0.1) is 0 Å². The summed E-state index contributed by atoms with van der Waals surface area (Å²) in [6.07, 6.45) is 0. The molecule has 0 atom stereocenters. The monoisotopic (exact) mass is 181 g/mol. The third-order valence-corrected chi connectivity index (χ3v) is 1.52. The molecule has 0 aliphatic carbocycles. The molecule has 0 amide bonds. The Labute approximate surface area is 78.5 Å². The fraction of sp³-hybridized carbons (Fsp3) is 0.300. The molecule has 13 heavy (non-hydrogen) atoms. The van der Waals surface area contributed by atoms with Gasteiger partial charge < -0.3 is 10.5 Å². The highest BCUT2D eigenvalue weighted by molar-refractivity contribution is 5.90. The number of methoxy groups -OCH3 is 1. The molecule has 0 aliphatic rings. The van der Waals surface area contributed by atoms with Crippen molar-refractivity contribution in [3.63, 3.8) is 0 Å². The van der Waals surface area contributed by atoms with Gasteiger partial charge in [-0.3, -0.25) is 0 Å². The molecule has 2 N–H and O–H groups in total. The van der Waals surface area contributed by atoms with Crippen molar-refractivity contribution in [2.24, 2.45) is 0 Å². The molecule has 3 nitrogen and oxygen atoms in total. The molecule has 0 radical (unpaired) electrons. The largest absolute Gasteiger partial charge is 0.465 e. The normalized spacial score (nSPS) is 8.77. The van der Waals surface area contributed by atoms with Crippen molar-refractivity contribution in [3.8, 4) is 0 Å². The van der Waals surface area contributed by atoms with Crippen molar-refractivity contribution in [1.82, 2.24) is 0 Å². The van der Waals surface area contributed by atoms with Crippen LogP contribution in [0.4, 0.5) is 5.69 Å². The van der Waals surface area contributed by atoms with Gasteiger partial charge in [0.05, 0.1) is 12.7 Å². The second-order valence-corrected chi connectivity index (χ2v) is 2.62. The van der Waals surface area contributed by atoms with Crippen LogP contribution >= 0.6 is 0 Å². The maximum absolute atomic E-state index is 11.0. The van der Waals surface area contributed by atoms with E-state index in [1.54, 1.807) is 18.2 Å². The summed E-state index contributed by atoms with van der Waals surface area (Å²) < 4.78 is 4.55. The van der Waals surface area contributed by atoms with E-state index >= 15 is 0 Å². The number of benzene rings is 1. The predicted octanol–water partition coefficient (Wildman–Crippen LogP) is 2.00. The molecule has 1 aromatic rings. The SMILES string of the molecule is C.COC(=O)c1cc(C)cc(N)c1. The van der Waals surface area contributed by atoms with Crippen LogP contribution < -0.4 is 5.73 Å². The molecule has 0 spiro atoms. The highest BCUT2D eigenvalue weighted by Crippen LogP contribution is 2.11. The molecule has 1 aromatic carbocycles. The molecule has 0 aromatic heterocycles. The molecule has 0 unspecified atom stereocenters. The summed E-state index contributed by atoms with van der Waals surface area (Å²) in [4.78, 5) is 11.0. The van der Waals surface area contributed by atoms with Crippen LogP contribution in [0.15, 0.2) is 18.2 Å².